The molecule has 1 saturated heterocycles. The summed E-state index contributed by atoms with van der Waals surface area (Å²) in [5, 5.41) is 17.6. The molecule has 0 aromatic rings. The zero-order chi connectivity index (χ0) is 14.8. The molecule has 0 aromatic carbocycles. The van der Waals surface area contributed by atoms with Gasteiger partial charge >= 0.3 is 11.9 Å². The third kappa shape index (κ3) is 8.91. The molecule has 5 heteroatoms. The van der Waals surface area contributed by atoms with Crippen LogP contribution >= 0.6 is 0 Å². The van der Waals surface area contributed by atoms with E-state index in [2.05, 4.69) is 0 Å². The summed E-state index contributed by atoms with van der Waals surface area (Å²) in [6, 6.07) is 0. The molecule has 1 heterocycles. The molecule has 2 atom stereocenters. The van der Waals surface area contributed by atoms with Crippen molar-refractivity contribution >= 4 is 11.9 Å². The first-order valence-corrected chi connectivity index (χ1v) is 7.66. The second-order valence-electron chi connectivity index (χ2n) is 5.63. The molecule has 0 saturated carbocycles. The summed E-state index contributed by atoms with van der Waals surface area (Å²) in [7, 11) is 0. The molecule has 2 unspecified atom stereocenters. The maximum Gasteiger partial charge on any atom is 0.306 e. The molecule has 116 valence electrons. The molecule has 5 nitrogen and oxygen atoms in total. The lowest BCUT2D eigenvalue weighted by Crippen LogP contribution is -2.15. The molecular formula is C15H26O5. The minimum Gasteiger partial charge on any atom is -0.481 e. The molecule has 1 aliphatic rings. The first kappa shape index (κ1) is 17.0. The fraction of sp³-hybridized carbons (Fsp3) is 0.867. The zero-order valence-electron chi connectivity index (χ0n) is 12.1. The van der Waals surface area contributed by atoms with Crippen LogP contribution in [0.3, 0.4) is 0 Å². The van der Waals surface area contributed by atoms with Crippen LogP contribution in [0.4, 0.5) is 0 Å². The molecule has 1 aliphatic heterocycles. The minimum atomic E-state index is -0.718. The Balaban J connectivity index is 1.89. The van der Waals surface area contributed by atoms with Crippen molar-refractivity contribution in [3.8, 4) is 0 Å². The summed E-state index contributed by atoms with van der Waals surface area (Å²) in [5.41, 5.74) is 0. The number of carboxylic acids is 2. The van der Waals surface area contributed by atoms with Gasteiger partial charge in [0.15, 0.2) is 0 Å². The summed E-state index contributed by atoms with van der Waals surface area (Å²) < 4.78 is 5.08. The summed E-state index contributed by atoms with van der Waals surface area (Å²) in [6.07, 6.45) is 8.91. The summed E-state index contributed by atoms with van der Waals surface area (Å²) >= 11 is 0. The van der Waals surface area contributed by atoms with Crippen LogP contribution in [0.5, 0.6) is 0 Å². The third-order valence-electron chi connectivity index (χ3n) is 3.74. The standard InChI is InChI=1S/C15H26O5/c16-14(17)9-7-5-3-1-2-4-6-8-12(15(18)19)10-13-11-20-13/h12-13H,1-11H2,(H,16,17)(H,18,19). The fourth-order valence-corrected chi connectivity index (χ4v) is 2.41. The molecule has 0 radical (unpaired) electrons. The quantitative estimate of drug-likeness (QED) is 0.401. The van der Waals surface area contributed by atoms with Crippen molar-refractivity contribution in [3.63, 3.8) is 0 Å². The second-order valence-corrected chi connectivity index (χ2v) is 5.63. The van der Waals surface area contributed by atoms with Gasteiger partial charge in [0.1, 0.15) is 0 Å². The Morgan fingerprint density at radius 1 is 1.00 bits per heavy atom. The smallest absolute Gasteiger partial charge is 0.306 e. The maximum atomic E-state index is 11.1. The van der Waals surface area contributed by atoms with E-state index in [0.717, 1.165) is 58.0 Å². The zero-order valence-corrected chi connectivity index (χ0v) is 12.1. The lowest BCUT2D eigenvalue weighted by molar-refractivity contribution is -0.142. The average molecular weight is 286 g/mol. The van der Waals surface area contributed by atoms with Gasteiger partial charge in [0.25, 0.3) is 0 Å². The Hall–Kier alpha value is -1.10. The highest BCUT2D eigenvalue weighted by atomic mass is 16.6. The van der Waals surface area contributed by atoms with Gasteiger partial charge in [-0.2, -0.15) is 0 Å². The molecule has 1 rings (SSSR count). The van der Waals surface area contributed by atoms with E-state index in [4.69, 9.17) is 14.9 Å². The Labute approximate surface area is 120 Å². The first-order chi connectivity index (χ1) is 9.59. The Morgan fingerprint density at radius 3 is 2.05 bits per heavy atom. The van der Waals surface area contributed by atoms with E-state index in [0.29, 0.717) is 6.42 Å². The molecule has 0 aromatic heterocycles. The number of aliphatic carboxylic acids is 2. The Kier molecular flexibility index (Phi) is 8.26. The molecule has 0 spiro atoms. The number of rotatable bonds is 13. The van der Waals surface area contributed by atoms with Crippen LogP contribution in [-0.4, -0.2) is 34.9 Å². The topological polar surface area (TPSA) is 87.1 Å². The molecule has 0 aliphatic carbocycles. The van der Waals surface area contributed by atoms with Gasteiger partial charge in [0, 0.05) is 6.42 Å². The van der Waals surface area contributed by atoms with Crippen molar-refractivity contribution < 1.29 is 24.5 Å². The van der Waals surface area contributed by atoms with E-state index in [9.17, 15) is 9.59 Å². The highest BCUT2D eigenvalue weighted by molar-refractivity contribution is 5.70. The van der Waals surface area contributed by atoms with Crippen LogP contribution in [0.2, 0.25) is 0 Å². The molecule has 1 fully saturated rings. The average Bonchev–Trinajstić information content (AvgIpc) is 3.18. The van der Waals surface area contributed by atoms with E-state index < -0.39 is 11.9 Å². The second kappa shape index (κ2) is 9.75. The highest BCUT2D eigenvalue weighted by Gasteiger charge is 2.29. The van der Waals surface area contributed by atoms with Crippen molar-refractivity contribution in [2.24, 2.45) is 5.92 Å². The van der Waals surface area contributed by atoms with Crippen molar-refractivity contribution in [1.29, 1.82) is 0 Å². The number of hydrogen-bond acceptors (Lipinski definition) is 3. The van der Waals surface area contributed by atoms with Gasteiger partial charge in [-0.1, -0.05) is 38.5 Å². The predicted molar refractivity (Wildman–Crippen MR) is 74.7 cm³/mol. The molecule has 0 amide bonds. The summed E-state index contributed by atoms with van der Waals surface area (Å²) in [4.78, 5) is 21.4. The van der Waals surface area contributed by atoms with E-state index in [1.165, 1.54) is 0 Å². The number of epoxide rings is 1. The van der Waals surface area contributed by atoms with Gasteiger partial charge in [-0.05, 0) is 19.3 Å². The van der Waals surface area contributed by atoms with Crippen LogP contribution in [0.1, 0.15) is 64.2 Å². The van der Waals surface area contributed by atoms with Crippen LogP contribution in [0.15, 0.2) is 0 Å². The van der Waals surface area contributed by atoms with Gasteiger partial charge in [0.2, 0.25) is 0 Å². The fourth-order valence-electron chi connectivity index (χ4n) is 2.41. The van der Waals surface area contributed by atoms with Crippen molar-refractivity contribution in [2.45, 2.75) is 70.3 Å². The van der Waals surface area contributed by atoms with Crippen molar-refractivity contribution in [2.75, 3.05) is 6.61 Å². The number of ether oxygens (including phenoxy) is 1. The first-order valence-electron chi connectivity index (χ1n) is 7.66. The number of unbranched alkanes of at least 4 members (excludes halogenated alkanes) is 6. The van der Waals surface area contributed by atoms with Gasteiger partial charge in [0.05, 0.1) is 18.6 Å². The van der Waals surface area contributed by atoms with Crippen LogP contribution < -0.4 is 0 Å². The van der Waals surface area contributed by atoms with Gasteiger partial charge in [-0.25, -0.2) is 0 Å². The van der Waals surface area contributed by atoms with Gasteiger partial charge < -0.3 is 14.9 Å². The number of carbonyl (C=O) groups is 2. The monoisotopic (exact) mass is 286 g/mol. The molecule has 0 bridgehead atoms. The number of hydrogen-bond donors (Lipinski definition) is 2. The van der Waals surface area contributed by atoms with Crippen LogP contribution in [-0.2, 0) is 14.3 Å². The van der Waals surface area contributed by atoms with Crippen LogP contribution in [0.25, 0.3) is 0 Å². The SMILES string of the molecule is O=C(O)CCCCCCCCCC(CC1CO1)C(=O)O. The number of carboxylic acid groups (broad SMARTS) is 2. The lowest BCUT2D eigenvalue weighted by atomic mass is 9.96. The minimum absolute atomic E-state index is 0.185. The largest absolute Gasteiger partial charge is 0.481 e. The third-order valence-corrected chi connectivity index (χ3v) is 3.74. The van der Waals surface area contributed by atoms with E-state index in [1.807, 2.05) is 0 Å². The maximum absolute atomic E-state index is 11.1. The van der Waals surface area contributed by atoms with Gasteiger partial charge in [-0.15, -0.1) is 0 Å². The summed E-state index contributed by atoms with van der Waals surface area (Å²) in [5.74, 6) is -1.67. The lowest BCUT2D eigenvalue weighted by Gasteiger charge is -2.10. The van der Waals surface area contributed by atoms with E-state index in [-0.39, 0.29) is 18.4 Å². The van der Waals surface area contributed by atoms with Crippen LogP contribution in [0, 0.1) is 5.92 Å². The molecule has 2 N–H and O–H groups in total. The summed E-state index contributed by atoms with van der Waals surface area (Å²) in [6.45, 7) is 0.722. The van der Waals surface area contributed by atoms with Gasteiger partial charge in [-0.3, -0.25) is 9.59 Å². The normalized spacial score (nSPS) is 18.7. The Bertz CT molecular complexity index is 299. The molecular weight excluding hydrogens is 260 g/mol. The van der Waals surface area contributed by atoms with E-state index in [1.54, 1.807) is 0 Å². The van der Waals surface area contributed by atoms with E-state index >= 15 is 0 Å². The molecule has 20 heavy (non-hydrogen) atoms. The van der Waals surface area contributed by atoms with Crippen molar-refractivity contribution in [1.82, 2.24) is 0 Å². The predicted octanol–water partition coefficient (Wildman–Crippen LogP) is 3.07. The van der Waals surface area contributed by atoms with Crippen molar-refractivity contribution in [3.05, 3.63) is 0 Å². The highest BCUT2D eigenvalue weighted by Crippen LogP contribution is 2.24. The Morgan fingerprint density at radius 2 is 1.55 bits per heavy atom.